The molecular weight excluding hydrogens is 322 g/mol. The number of phenolic OH excluding ortho intramolecular Hbond substituents is 1. The number of benzene rings is 2. The van der Waals surface area contributed by atoms with Crippen molar-refractivity contribution in [2.24, 2.45) is 4.99 Å². The van der Waals surface area contributed by atoms with Crippen LogP contribution < -0.4 is 4.74 Å². The second-order valence-electron chi connectivity index (χ2n) is 5.34. The smallest absolute Gasteiger partial charge is 0.363 e. The molecule has 1 N–H and O–H groups in total. The van der Waals surface area contributed by atoms with Gasteiger partial charge in [0.2, 0.25) is 5.90 Å². The molecule has 0 spiro atoms. The number of ether oxygens (including phenoxy) is 2. The molecule has 6 heteroatoms. The average Bonchev–Trinajstić information content (AvgIpc) is 2.97. The van der Waals surface area contributed by atoms with Crippen molar-refractivity contribution < 1.29 is 24.2 Å². The Balaban J connectivity index is 2.08. The van der Waals surface area contributed by atoms with Gasteiger partial charge < -0.3 is 14.6 Å². The zero-order valence-electron chi connectivity index (χ0n) is 13.6. The first-order valence-electron chi connectivity index (χ1n) is 7.50. The van der Waals surface area contributed by atoms with Crippen LogP contribution in [0.3, 0.4) is 0 Å². The zero-order valence-corrected chi connectivity index (χ0v) is 13.6. The van der Waals surface area contributed by atoms with Gasteiger partial charge in [-0.1, -0.05) is 24.3 Å². The summed E-state index contributed by atoms with van der Waals surface area (Å²) in [5.74, 6) is -0.816. The topological polar surface area (TPSA) is 85.2 Å². The molecule has 0 fully saturated rings. The van der Waals surface area contributed by atoms with E-state index in [-0.39, 0.29) is 34.4 Å². The first-order valence-corrected chi connectivity index (χ1v) is 7.50. The fourth-order valence-corrected chi connectivity index (χ4v) is 2.54. The molecule has 1 heterocycles. The van der Waals surface area contributed by atoms with Crippen LogP contribution in [-0.4, -0.2) is 29.9 Å². The maximum Gasteiger partial charge on any atom is 0.363 e. The first-order chi connectivity index (χ1) is 12.0. The quantitative estimate of drug-likeness (QED) is 0.527. The molecule has 0 unspecified atom stereocenters. The summed E-state index contributed by atoms with van der Waals surface area (Å²) in [6.45, 7) is 1.35. The van der Waals surface area contributed by atoms with Gasteiger partial charge in [0.1, 0.15) is 0 Å². The van der Waals surface area contributed by atoms with E-state index in [1.807, 2.05) is 18.2 Å². The Kier molecular flexibility index (Phi) is 4.35. The van der Waals surface area contributed by atoms with E-state index in [9.17, 15) is 14.7 Å². The number of aliphatic imine (C=N–C) groups is 1. The lowest BCUT2D eigenvalue weighted by molar-refractivity contribution is -0.129. The third-order valence-corrected chi connectivity index (χ3v) is 3.66. The van der Waals surface area contributed by atoms with Crippen LogP contribution in [0.2, 0.25) is 0 Å². The van der Waals surface area contributed by atoms with Crippen LogP contribution in [0.15, 0.2) is 53.2 Å². The van der Waals surface area contributed by atoms with Gasteiger partial charge in [0.05, 0.1) is 12.7 Å². The summed E-state index contributed by atoms with van der Waals surface area (Å²) in [4.78, 5) is 28.3. The Morgan fingerprint density at radius 2 is 1.92 bits per heavy atom. The van der Waals surface area contributed by atoms with Crippen LogP contribution in [0.5, 0.6) is 11.5 Å². The Hall–Kier alpha value is -3.41. The summed E-state index contributed by atoms with van der Waals surface area (Å²) in [6, 6.07) is 11.9. The summed E-state index contributed by atoms with van der Waals surface area (Å²) in [7, 11) is 1.36. The number of hydrogen-bond acceptors (Lipinski definition) is 6. The minimum Gasteiger partial charge on any atom is -0.504 e. The maximum absolute atomic E-state index is 12.1. The molecule has 2 aromatic rings. The molecule has 0 bridgehead atoms. The molecule has 1 aliphatic rings. The largest absolute Gasteiger partial charge is 0.504 e. The summed E-state index contributed by atoms with van der Waals surface area (Å²) in [5.41, 5.74) is 1.32. The molecule has 25 heavy (non-hydrogen) atoms. The van der Waals surface area contributed by atoms with E-state index in [2.05, 4.69) is 4.99 Å². The number of carbonyl (C=O) groups is 2. The molecule has 0 atom stereocenters. The van der Waals surface area contributed by atoms with Gasteiger partial charge in [0.15, 0.2) is 23.0 Å². The van der Waals surface area contributed by atoms with Crippen molar-refractivity contribution in [3.8, 4) is 11.5 Å². The highest BCUT2D eigenvalue weighted by Crippen LogP contribution is 2.34. The number of nitrogens with zero attached hydrogens (tertiary/aromatic N) is 1. The van der Waals surface area contributed by atoms with Gasteiger partial charge in [-0.2, -0.15) is 0 Å². The number of rotatable bonds is 4. The highest BCUT2D eigenvalue weighted by atomic mass is 16.6. The molecule has 3 rings (SSSR count). The molecule has 0 radical (unpaired) electrons. The lowest BCUT2D eigenvalue weighted by atomic mass is 10.0. The SMILES string of the molecule is COc1c(O)ccc(C=C2N=C(c3ccccc3)OC2=O)c1C(C)=O. The number of phenols is 1. The standard InChI is InChI=1S/C19H15NO5/c1-11(21)16-13(8-9-15(22)17(16)24-2)10-14-19(23)25-18(20-14)12-6-4-3-5-7-12/h3-10,22H,1-2H3. The number of methoxy groups -OCH3 is 1. The second kappa shape index (κ2) is 6.60. The van der Waals surface area contributed by atoms with Crippen LogP contribution in [0.25, 0.3) is 6.08 Å². The Bertz CT molecular complexity index is 913. The number of aromatic hydroxyl groups is 1. The van der Waals surface area contributed by atoms with E-state index < -0.39 is 5.97 Å². The monoisotopic (exact) mass is 337 g/mol. The molecular formula is C19H15NO5. The number of hydrogen-bond donors (Lipinski definition) is 1. The number of esters is 1. The van der Waals surface area contributed by atoms with Crippen LogP contribution in [0.4, 0.5) is 0 Å². The zero-order chi connectivity index (χ0) is 18.0. The highest BCUT2D eigenvalue weighted by Gasteiger charge is 2.25. The molecule has 0 saturated heterocycles. The van der Waals surface area contributed by atoms with Gasteiger partial charge in [-0.05, 0) is 36.8 Å². The fraction of sp³-hybridized carbons (Fsp3) is 0.105. The summed E-state index contributed by atoms with van der Waals surface area (Å²) >= 11 is 0. The third-order valence-electron chi connectivity index (χ3n) is 3.66. The van der Waals surface area contributed by atoms with Crippen molar-refractivity contribution in [1.82, 2.24) is 0 Å². The van der Waals surface area contributed by atoms with Crippen molar-refractivity contribution >= 4 is 23.7 Å². The predicted molar refractivity (Wildman–Crippen MR) is 91.7 cm³/mol. The summed E-state index contributed by atoms with van der Waals surface area (Å²) in [5, 5.41) is 9.85. The Morgan fingerprint density at radius 3 is 2.56 bits per heavy atom. The van der Waals surface area contributed by atoms with Gasteiger partial charge in [-0.25, -0.2) is 9.79 Å². The van der Waals surface area contributed by atoms with Crippen molar-refractivity contribution in [2.45, 2.75) is 6.92 Å². The number of carbonyl (C=O) groups excluding carboxylic acids is 2. The van der Waals surface area contributed by atoms with E-state index in [1.54, 1.807) is 12.1 Å². The van der Waals surface area contributed by atoms with E-state index in [4.69, 9.17) is 9.47 Å². The molecule has 6 nitrogen and oxygen atoms in total. The molecule has 0 amide bonds. The molecule has 1 aliphatic heterocycles. The van der Waals surface area contributed by atoms with Crippen molar-refractivity contribution in [2.75, 3.05) is 7.11 Å². The van der Waals surface area contributed by atoms with Crippen LogP contribution in [-0.2, 0) is 9.53 Å². The van der Waals surface area contributed by atoms with E-state index in [0.29, 0.717) is 11.1 Å². The lowest BCUT2D eigenvalue weighted by Crippen LogP contribution is -2.05. The normalized spacial score (nSPS) is 15.0. The minimum absolute atomic E-state index is 0.0560. The van der Waals surface area contributed by atoms with Crippen molar-refractivity contribution in [3.63, 3.8) is 0 Å². The fourth-order valence-electron chi connectivity index (χ4n) is 2.54. The summed E-state index contributed by atoms with van der Waals surface area (Å²) < 4.78 is 10.3. The molecule has 126 valence electrons. The second-order valence-corrected chi connectivity index (χ2v) is 5.34. The van der Waals surface area contributed by atoms with Gasteiger partial charge in [-0.3, -0.25) is 4.79 Å². The highest BCUT2D eigenvalue weighted by molar-refractivity contribution is 6.13. The first kappa shape index (κ1) is 16.4. The predicted octanol–water partition coefficient (Wildman–Crippen LogP) is 2.95. The number of ketones is 1. The summed E-state index contributed by atoms with van der Waals surface area (Å²) in [6.07, 6.45) is 1.44. The Morgan fingerprint density at radius 1 is 1.20 bits per heavy atom. The molecule has 0 aromatic heterocycles. The average molecular weight is 337 g/mol. The van der Waals surface area contributed by atoms with Gasteiger partial charge in [-0.15, -0.1) is 0 Å². The number of cyclic esters (lactones) is 1. The van der Waals surface area contributed by atoms with Crippen LogP contribution in [0, 0.1) is 0 Å². The van der Waals surface area contributed by atoms with Gasteiger partial charge >= 0.3 is 5.97 Å². The van der Waals surface area contributed by atoms with Crippen LogP contribution in [0.1, 0.15) is 28.4 Å². The van der Waals surface area contributed by atoms with E-state index in [0.717, 1.165) is 0 Å². The van der Waals surface area contributed by atoms with E-state index in [1.165, 1.54) is 32.2 Å². The minimum atomic E-state index is -0.611. The van der Waals surface area contributed by atoms with Crippen molar-refractivity contribution in [3.05, 3.63) is 64.9 Å². The number of Topliss-reactive ketones (excluding diaryl/α,β-unsaturated/α-hetero) is 1. The van der Waals surface area contributed by atoms with E-state index >= 15 is 0 Å². The Labute approximate surface area is 144 Å². The van der Waals surface area contributed by atoms with Crippen molar-refractivity contribution in [1.29, 1.82) is 0 Å². The molecule has 2 aromatic carbocycles. The van der Waals surface area contributed by atoms with Gasteiger partial charge in [0, 0.05) is 5.56 Å². The molecule has 0 aliphatic carbocycles. The lowest BCUT2D eigenvalue weighted by Gasteiger charge is -2.10. The van der Waals surface area contributed by atoms with Gasteiger partial charge in [0.25, 0.3) is 0 Å². The van der Waals surface area contributed by atoms with Crippen LogP contribution >= 0.6 is 0 Å². The third kappa shape index (κ3) is 3.14. The maximum atomic E-state index is 12.1. The molecule has 0 saturated carbocycles.